The van der Waals surface area contributed by atoms with E-state index >= 15 is 0 Å². The molecule has 0 spiro atoms. The standard InChI is InChI=1S/C11H15NOS/c1-8-5-3-4-6-10(8)9(2)14-7-11(12)13/h3-6,9H,7H2,1-2H3,(H2,12,13). The molecule has 14 heavy (non-hydrogen) atoms. The largest absolute Gasteiger partial charge is 0.369 e. The van der Waals surface area contributed by atoms with Gasteiger partial charge in [0, 0.05) is 5.25 Å². The molecule has 0 aromatic heterocycles. The summed E-state index contributed by atoms with van der Waals surface area (Å²) in [6, 6.07) is 8.21. The van der Waals surface area contributed by atoms with Crippen LogP contribution in [0.2, 0.25) is 0 Å². The minimum Gasteiger partial charge on any atom is -0.369 e. The summed E-state index contributed by atoms with van der Waals surface area (Å²) in [7, 11) is 0. The topological polar surface area (TPSA) is 43.1 Å². The molecule has 0 saturated heterocycles. The van der Waals surface area contributed by atoms with Gasteiger partial charge in [-0.05, 0) is 25.0 Å². The van der Waals surface area contributed by atoms with Crippen LogP contribution in [0.1, 0.15) is 23.3 Å². The Bertz CT molecular complexity index is 325. The highest BCUT2D eigenvalue weighted by Gasteiger charge is 2.09. The quantitative estimate of drug-likeness (QED) is 0.826. The van der Waals surface area contributed by atoms with E-state index in [4.69, 9.17) is 5.73 Å². The Kier molecular flexibility index (Phi) is 4.01. The summed E-state index contributed by atoms with van der Waals surface area (Å²) in [5.74, 6) is 0.130. The van der Waals surface area contributed by atoms with Crippen molar-refractivity contribution in [2.45, 2.75) is 19.1 Å². The average Bonchev–Trinajstić information content (AvgIpc) is 2.15. The highest BCUT2D eigenvalue weighted by atomic mass is 32.2. The van der Waals surface area contributed by atoms with E-state index in [0.29, 0.717) is 11.0 Å². The van der Waals surface area contributed by atoms with Crippen LogP contribution in [-0.2, 0) is 4.79 Å². The lowest BCUT2D eigenvalue weighted by molar-refractivity contribution is -0.115. The van der Waals surface area contributed by atoms with Gasteiger partial charge < -0.3 is 5.73 Å². The van der Waals surface area contributed by atoms with E-state index in [-0.39, 0.29) is 5.91 Å². The molecule has 0 heterocycles. The van der Waals surface area contributed by atoms with Crippen molar-refractivity contribution in [3.8, 4) is 0 Å². The fourth-order valence-electron chi connectivity index (χ4n) is 1.34. The van der Waals surface area contributed by atoms with E-state index in [1.165, 1.54) is 11.1 Å². The molecule has 1 atom stereocenters. The lowest BCUT2D eigenvalue weighted by atomic mass is 10.1. The minimum atomic E-state index is -0.254. The maximum Gasteiger partial charge on any atom is 0.227 e. The molecule has 0 aliphatic carbocycles. The molecule has 0 bridgehead atoms. The number of nitrogens with two attached hydrogens (primary N) is 1. The van der Waals surface area contributed by atoms with Crippen LogP contribution in [-0.4, -0.2) is 11.7 Å². The van der Waals surface area contributed by atoms with Crippen molar-refractivity contribution >= 4 is 17.7 Å². The van der Waals surface area contributed by atoms with Crippen molar-refractivity contribution in [1.29, 1.82) is 0 Å². The number of carbonyl (C=O) groups excluding carboxylic acids is 1. The number of rotatable bonds is 4. The molecule has 76 valence electrons. The Hall–Kier alpha value is -0.960. The van der Waals surface area contributed by atoms with Crippen molar-refractivity contribution in [3.05, 3.63) is 35.4 Å². The second-order valence-corrected chi connectivity index (χ2v) is 4.61. The molecule has 1 unspecified atom stereocenters. The van der Waals surface area contributed by atoms with E-state index in [9.17, 15) is 4.79 Å². The fraction of sp³-hybridized carbons (Fsp3) is 0.364. The number of aryl methyl sites for hydroxylation is 1. The van der Waals surface area contributed by atoms with Crippen LogP contribution in [0.4, 0.5) is 0 Å². The normalized spacial score (nSPS) is 12.4. The zero-order valence-electron chi connectivity index (χ0n) is 8.49. The van der Waals surface area contributed by atoms with Crippen molar-refractivity contribution < 1.29 is 4.79 Å². The van der Waals surface area contributed by atoms with Gasteiger partial charge in [-0.3, -0.25) is 4.79 Å². The molecule has 1 rings (SSSR count). The Morgan fingerprint density at radius 2 is 2.14 bits per heavy atom. The summed E-state index contributed by atoms with van der Waals surface area (Å²) < 4.78 is 0. The van der Waals surface area contributed by atoms with E-state index in [1.54, 1.807) is 11.8 Å². The first-order valence-corrected chi connectivity index (χ1v) is 5.61. The molecular formula is C11H15NOS. The van der Waals surface area contributed by atoms with Gasteiger partial charge in [-0.15, -0.1) is 11.8 Å². The molecule has 0 saturated carbocycles. The highest BCUT2D eigenvalue weighted by molar-refractivity contribution is 8.00. The molecule has 2 nitrogen and oxygen atoms in total. The lowest BCUT2D eigenvalue weighted by Gasteiger charge is -2.12. The SMILES string of the molecule is Cc1ccccc1C(C)SCC(N)=O. The molecule has 2 N–H and O–H groups in total. The second-order valence-electron chi connectivity index (χ2n) is 3.28. The van der Waals surface area contributed by atoms with E-state index in [0.717, 1.165) is 0 Å². The van der Waals surface area contributed by atoms with Crippen LogP contribution < -0.4 is 5.73 Å². The maximum absolute atomic E-state index is 10.6. The molecule has 0 aliphatic rings. The summed E-state index contributed by atoms with van der Waals surface area (Å²) >= 11 is 1.58. The van der Waals surface area contributed by atoms with Crippen molar-refractivity contribution in [2.24, 2.45) is 5.73 Å². The first-order valence-electron chi connectivity index (χ1n) is 4.56. The van der Waals surface area contributed by atoms with Crippen LogP contribution in [0, 0.1) is 6.92 Å². The summed E-state index contributed by atoms with van der Waals surface area (Å²) in [6.45, 7) is 4.17. The monoisotopic (exact) mass is 209 g/mol. The minimum absolute atomic E-state index is 0.254. The van der Waals surface area contributed by atoms with E-state index in [2.05, 4.69) is 26.0 Å². The van der Waals surface area contributed by atoms with Gasteiger partial charge in [-0.2, -0.15) is 0 Å². The number of primary amides is 1. The summed E-state index contributed by atoms with van der Waals surface area (Å²) in [5, 5.41) is 0.323. The highest BCUT2D eigenvalue weighted by Crippen LogP contribution is 2.29. The zero-order chi connectivity index (χ0) is 10.6. The molecule has 0 fully saturated rings. The van der Waals surface area contributed by atoms with Crippen molar-refractivity contribution in [2.75, 3.05) is 5.75 Å². The van der Waals surface area contributed by atoms with Crippen LogP contribution >= 0.6 is 11.8 Å². The molecule has 1 amide bonds. The number of hydrogen-bond donors (Lipinski definition) is 1. The zero-order valence-corrected chi connectivity index (χ0v) is 9.30. The second kappa shape index (κ2) is 5.05. The molecule has 0 radical (unpaired) electrons. The summed E-state index contributed by atoms with van der Waals surface area (Å²) in [4.78, 5) is 10.6. The third-order valence-electron chi connectivity index (χ3n) is 2.10. The molecule has 3 heteroatoms. The first-order chi connectivity index (χ1) is 6.61. The Balaban J connectivity index is 2.65. The van der Waals surface area contributed by atoms with Gasteiger partial charge in [0.05, 0.1) is 5.75 Å². The average molecular weight is 209 g/mol. The van der Waals surface area contributed by atoms with Crippen LogP contribution in [0.3, 0.4) is 0 Å². The van der Waals surface area contributed by atoms with E-state index < -0.39 is 0 Å². The summed E-state index contributed by atoms with van der Waals surface area (Å²) in [6.07, 6.45) is 0. The van der Waals surface area contributed by atoms with Crippen LogP contribution in [0.5, 0.6) is 0 Å². The molecule has 1 aromatic rings. The van der Waals surface area contributed by atoms with Gasteiger partial charge in [0.15, 0.2) is 0 Å². The van der Waals surface area contributed by atoms with Crippen LogP contribution in [0.25, 0.3) is 0 Å². The number of carbonyl (C=O) groups is 1. The first kappa shape index (κ1) is 11.1. The van der Waals surface area contributed by atoms with Gasteiger partial charge in [-0.1, -0.05) is 24.3 Å². The van der Waals surface area contributed by atoms with Gasteiger partial charge in [0.25, 0.3) is 0 Å². The number of benzene rings is 1. The maximum atomic E-state index is 10.6. The molecular weight excluding hydrogens is 194 g/mol. The Morgan fingerprint density at radius 3 is 2.71 bits per heavy atom. The number of thioether (sulfide) groups is 1. The number of hydrogen-bond acceptors (Lipinski definition) is 2. The van der Waals surface area contributed by atoms with E-state index in [1.807, 2.05) is 12.1 Å². The van der Waals surface area contributed by atoms with Gasteiger partial charge in [-0.25, -0.2) is 0 Å². The fourth-order valence-corrected chi connectivity index (χ4v) is 2.20. The number of amides is 1. The lowest BCUT2D eigenvalue weighted by Crippen LogP contribution is -2.14. The smallest absolute Gasteiger partial charge is 0.227 e. The van der Waals surface area contributed by atoms with Gasteiger partial charge in [0.2, 0.25) is 5.91 Å². The predicted molar refractivity (Wildman–Crippen MR) is 61.2 cm³/mol. The third-order valence-corrected chi connectivity index (χ3v) is 3.31. The summed E-state index contributed by atoms with van der Waals surface area (Å²) in [5.41, 5.74) is 7.63. The van der Waals surface area contributed by atoms with Crippen LogP contribution in [0.15, 0.2) is 24.3 Å². The predicted octanol–water partition coefficient (Wildman–Crippen LogP) is 2.27. The van der Waals surface area contributed by atoms with Gasteiger partial charge >= 0.3 is 0 Å². The third kappa shape index (κ3) is 3.07. The molecule has 1 aromatic carbocycles. The Labute approximate surface area is 88.9 Å². The van der Waals surface area contributed by atoms with Gasteiger partial charge in [0.1, 0.15) is 0 Å². The van der Waals surface area contributed by atoms with Crippen molar-refractivity contribution in [1.82, 2.24) is 0 Å². The molecule has 0 aliphatic heterocycles. The van der Waals surface area contributed by atoms with Crippen molar-refractivity contribution in [3.63, 3.8) is 0 Å². The Morgan fingerprint density at radius 1 is 1.50 bits per heavy atom.